The van der Waals surface area contributed by atoms with E-state index in [1.54, 1.807) is 6.20 Å². The second kappa shape index (κ2) is 7.66. The molecule has 1 unspecified atom stereocenters. The molecule has 24 heavy (non-hydrogen) atoms. The first-order chi connectivity index (χ1) is 11.6. The molecular formula is C18H29N3O3. The maximum absolute atomic E-state index is 12.6. The molecule has 1 aliphatic heterocycles. The summed E-state index contributed by atoms with van der Waals surface area (Å²) in [6.45, 7) is 1.46. The second-order valence-corrected chi connectivity index (χ2v) is 7.35. The predicted molar refractivity (Wildman–Crippen MR) is 90.3 cm³/mol. The van der Waals surface area contributed by atoms with Gasteiger partial charge in [-0.2, -0.15) is 0 Å². The summed E-state index contributed by atoms with van der Waals surface area (Å²) in [6, 6.07) is -0.117. The zero-order chi connectivity index (χ0) is 17.0. The van der Waals surface area contributed by atoms with Crippen LogP contribution in [0.5, 0.6) is 0 Å². The highest BCUT2D eigenvalue weighted by Gasteiger charge is 2.34. The Morgan fingerprint density at radius 1 is 1.42 bits per heavy atom. The van der Waals surface area contributed by atoms with Gasteiger partial charge in [0, 0.05) is 32.7 Å². The molecule has 1 aromatic heterocycles. The Morgan fingerprint density at radius 2 is 2.12 bits per heavy atom. The van der Waals surface area contributed by atoms with E-state index in [-0.39, 0.29) is 18.4 Å². The molecule has 1 saturated carbocycles. The molecule has 1 amide bonds. The number of hydrogen-bond acceptors (Lipinski definition) is 4. The minimum atomic E-state index is -0.829. The van der Waals surface area contributed by atoms with Gasteiger partial charge in [0.2, 0.25) is 5.91 Å². The van der Waals surface area contributed by atoms with Gasteiger partial charge in [0.1, 0.15) is 5.82 Å². The SMILES string of the molecule is Cn1ccnc1C(NC(=O)CC1(O)CCCCC1)C1CCOCC1. The van der Waals surface area contributed by atoms with Gasteiger partial charge in [0.05, 0.1) is 18.1 Å². The molecule has 0 radical (unpaired) electrons. The normalized spacial score (nSPS) is 22.9. The van der Waals surface area contributed by atoms with Crippen molar-refractivity contribution in [2.75, 3.05) is 13.2 Å². The van der Waals surface area contributed by atoms with E-state index < -0.39 is 5.60 Å². The van der Waals surface area contributed by atoms with Gasteiger partial charge in [0.25, 0.3) is 0 Å². The summed E-state index contributed by atoms with van der Waals surface area (Å²) in [6.07, 6.45) is 10.3. The first kappa shape index (κ1) is 17.4. The number of aryl methyl sites for hydroxylation is 1. The van der Waals surface area contributed by atoms with Gasteiger partial charge in [0.15, 0.2) is 0 Å². The van der Waals surface area contributed by atoms with Crippen LogP contribution in [0.1, 0.15) is 63.2 Å². The maximum Gasteiger partial charge on any atom is 0.223 e. The zero-order valence-corrected chi connectivity index (χ0v) is 14.5. The number of ether oxygens (including phenoxy) is 1. The molecule has 2 N–H and O–H groups in total. The molecule has 2 heterocycles. The lowest BCUT2D eigenvalue weighted by Gasteiger charge is -2.34. The Hall–Kier alpha value is -1.40. The predicted octanol–water partition coefficient (Wildman–Crippen LogP) is 2.09. The monoisotopic (exact) mass is 335 g/mol. The zero-order valence-electron chi connectivity index (χ0n) is 14.5. The highest BCUT2D eigenvalue weighted by molar-refractivity contribution is 5.77. The fourth-order valence-corrected chi connectivity index (χ4v) is 4.03. The lowest BCUT2D eigenvalue weighted by Crippen LogP contribution is -2.42. The molecule has 2 fully saturated rings. The van der Waals surface area contributed by atoms with Crippen molar-refractivity contribution < 1.29 is 14.6 Å². The van der Waals surface area contributed by atoms with Crippen molar-refractivity contribution in [2.24, 2.45) is 13.0 Å². The third-order valence-corrected chi connectivity index (χ3v) is 5.46. The van der Waals surface area contributed by atoms with E-state index in [0.29, 0.717) is 5.92 Å². The highest BCUT2D eigenvalue weighted by Crippen LogP contribution is 2.32. The van der Waals surface area contributed by atoms with Gasteiger partial charge < -0.3 is 19.7 Å². The molecule has 0 spiro atoms. The van der Waals surface area contributed by atoms with E-state index in [0.717, 1.165) is 64.0 Å². The van der Waals surface area contributed by atoms with E-state index in [4.69, 9.17) is 4.74 Å². The van der Waals surface area contributed by atoms with Crippen LogP contribution in [0.25, 0.3) is 0 Å². The summed E-state index contributed by atoms with van der Waals surface area (Å²) in [5.41, 5.74) is -0.829. The van der Waals surface area contributed by atoms with Crippen LogP contribution in [0.15, 0.2) is 12.4 Å². The maximum atomic E-state index is 12.6. The summed E-state index contributed by atoms with van der Waals surface area (Å²) >= 11 is 0. The van der Waals surface area contributed by atoms with Crippen molar-refractivity contribution in [1.82, 2.24) is 14.9 Å². The number of nitrogens with one attached hydrogen (secondary N) is 1. The van der Waals surface area contributed by atoms with Gasteiger partial charge in [-0.3, -0.25) is 4.79 Å². The minimum Gasteiger partial charge on any atom is -0.389 e. The van der Waals surface area contributed by atoms with Crippen LogP contribution < -0.4 is 5.32 Å². The lowest BCUT2D eigenvalue weighted by atomic mass is 9.82. The number of rotatable bonds is 5. The van der Waals surface area contributed by atoms with Crippen LogP contribution in [-0.2, 0) is 16.6 Å². The number of nitrogens with zero attached hydrogens (tertiary/aromatic N) is 2. The molecule has 6 heteroatoms. The lowest BCUT2D eigenvalue weighted by molar-refractivity contribution is -0.129. The number of hydrogen-bond donors (Lipinski definition) is 2. The number of carbonyl (C=O) groups is 1. The Kier molecular flexibility index (Phi) is 5.56. The van der Waals surface area contributed by atoms with Gasteiger partial charge in [-0.05, 0) is 31.6 Å². The largest absolute Gasteiger partial charge is 0.389 e. The molecule has 3 rings (SSSR count). The molecule has 0 bridgehead atoms. The quantitative estimate of drug-likeness (QED) is 0.864. The molecule has 6 nitrogen and oxygen atoms in total. The van der Waals surface area contributed by atoms with Crippen LogP contribution in [-0.4, -0.2) is 39.4 Å². The summed E-state index contributed by atoms with van der Waals surface area (Å²) in [4.78, 5) is 17.1. The van der Waals surface area contributed by atoms with Gasteiger partial charge in [-0.15, -0.1) is 0 Å². The Bertz CT molecular complexity index is 545. The van der Waals surface area contributed by atoms with Crippen molar-refractivity contribution in [3.8, 4) is 0 Å². The van der Waals surface area contributed by atoms with Crippen LogP contribution in [0, 0.1) is 5.92 Å². The van der Waals surface area contributed by atoms with E-state index in [2.05, 4.69) is 10.3 Å². The van der Waals surface area contributed by atoms with E-state index in [9.17, 15) is 9.90 Å². The van der Waals surface area contributed by atoms with Crippen molar-refractivity contribution in [2.45, 2.75) is 63.0 Å². The molecule has 2 aliphatic rings. The van der Waals surface area contributed by atoms with Crippen molar-refractivity contribution in [1.29, 1.82) is 0 Å². The highest BCUT2D eigenvalue weighted by atomic mass is 16.5. The van der Waals surface area contributed by atoms with E-state index in [1.807, 2.05) is 17.8 Å². The topological polar surface area (TPSA) is 76.4 Å². The molecule has 1 aliphatic carbocycles. The summed E-state index contributed by atoms with van der Waals surface area (Å²) < 4.78 is 7.43. The third kappa shape index (κ3) is 4.16. The number of amides is 1. The number of aliphatic hydroxyl groups is 1. The summed E-state index contributed by atoms with van der Waals surface area (Å²) in [7, 11) is 1.95. The average molecular weight is 335 g/mol. The van der Waals surface area contributed by atoms with Crippen LogP contribution >= 0.6 is 0 Å². The third-order valence-electron chi connectivity index (χ3n) is 5.46. The Labute approximate surface area is 143 Å². The molecule has 1 saturated heterocycles. The van der Waals surface area contributed by atoms with Crippen molar-refractivity contribution >= 4 is 5.91 Å². The standard InChI is InChI=1S/C18H29N3O3/c1-21-10-9-19-17(21)16(14-5-11-24-12-6-14)20-15(22)13-18(23)7-3-2-4-8-18/h9-10,14,16,23H,2-8,11-13H2,1H3,(H,20,22). The van der Waals surface area contributed by atoms with E-state index in [1.165, 1.54) is 0 Å². The van der Waals surface area contributed by atoms with Crippen LogP contribution in [0.4, 0.5) is 0 Å². The van der Waals surface area contributed by atoms with Crippen LogP contribution in [0.3, 0.4) is 0 Å². The Balaban J connectivity index is 1.69. The van der Waals surface area contributed by atoms with Crippen molar-refractivity contribution in [3.05, 3.63) is 18.2 Å². The number of imidazole rings is 1. The average Bonchev–Trinajstić information content (AvgIpc) is 2.99. The molecule has 0 aromatic carbocycles. The molecular weight excluding hydrogens is 306 g/mol. The molecule has 134 valence electrons. The molecule has 1 aromatic rings. The summed E-state index contributed by atoms with van der Waals surface area (Å²) in [5.74, 6) is 1.13. The first-order valence-electron chi connectivity index (χ1n) is 9.14. The molecule has 1 atom stereocenters. The minimum absolute atomic E-state index is 0.0705. The van der Waals surface area contributed by atoms with E-state index >= 15 is 0 Å². The fourth-order valence-electron chi connectivity index (χ4n) is 4.03. The van der Waals surface area contributed by atoms with Gasteiger partial charge in [-0.1, -0.05) is 19.3 Å². The fraction of sp³-hybridized carbons (Fsp3) is 0.778. The van der Waals surface area contributed by atoms with Gasteiger partial charge in [-0.25, -0.2) is 4.98 Å². The smallest absolute Gasteiger partial charge is 0.223 e. The number of aromatic nitrogens is 2. The van der Waals surface area contributed by atoms with Crippen LogP contribution in [0.2, 0.25) is 0 Å². The first-order valence-corrected chi connectivity index (χ1v) is 9.14. The number of carbonyl (C=O) groups excluding carboxylic acids is 1. The second-order valence-electron chi connectivity index (χ2n) is 7.35. The summed E-state index contributed by atoms with van der Waals surface area (Å²) in [5, 5.41) is 13.8. The van der Waals surface area contributed by atoms with Crippen molar-refractivity contribution in [3.63, 3.8) is 0 Å². The van der Waals surface area contributed by atoms with Gasteiger partial charge >= 0.3 is 0 Å². The Morgan fingerprint density at radius 3 is 2.75 bits per heavy atom.